The van der Waals surface area contributed by atoms with Gasteiger partial charge in [-0.2, -0.15) is 0 Å². The van der Waals surface area contributed by atoms with E-state index in [4.69, 9.17) is 42.9 Å². The van der Waals surface area contributed by atoms with Crippen molar-refractivity contribution in [3.63, 3.8) is 0 Å². The van der Waals surface area contributed by atoms with Crippen molar-refractivity contribution in [2.45, 2.75) is 38.8 Å². The average molecular weight is 603 g/mol. The number of aliphatic carboxylic acids is 2. The molecule has 0 saturated heterocycles. The highest BCUT2D eigenvalue weighted by molar-refractivity contribution is 6.67. The number of hydrogen-bond donors (Lipinski definition) is 8. The van der Waals surface area contributed by atoms with Crippen LogP contribution in [-0.4, -0.2) is 65.8 Å². The standard InChI is InChI=1S/C13H15NO5.C9H11NO4.C4H5ClO.ClH/c1-7(2)12(17)14-9(13(18)19)5-8-3-4-10(15)11(16)6-8;10-6(9(13)14)3-5-1-2-7(11)8(12)4-5;1-3(2)4(5)6;/h3-4,6,9,15-16H,1,5H2,2H3,(H,14,17)(H,18,19);1-2,4,6,11-12H,3,10H2,(H,13,14);1H2,2H3;1H. The fourth-order valence-corrected chi connectivity index (χ4v) is 2.45. The van der Waals surface area contributed by atoms with E-state index in [-0.39, 0.29) is 53.8 Å². The van der Waals surface area contributed by atoms with E-state index >= 15 is 0 Å². The number of hydrogen-bond acceptors (Lipinski definition) is 9. The predicted molar refractivity (Wildman–Crippen MR) is 150 cm³/mol. The molecule has 40 heavy (non-hydrogen) atoms. The number of phenols is 4. The molecule has 0 aliphatic carbocycles. The summed E-state index contributed by atoms with van der Waals surface area (Å²) in [5, 5.41) is 56.0. The lowest BCUT2D eigenvalue weighted by molar-refractivity contribution is -0.141. The first-order chi connectivity index (χ1) is 18.0. The third-order valence-electron chi connectivity index (χ3n) is 4.62. The van der Waals surface area contributed by atoms with Gasteiger partial charge in [0.1, 0.15) is 12.1 Å². The fourth-order valence-electron chi connectivity index (χ4n) is 2.45. The first-order valence-corrected chi connectivity index (χ1v) is 11.4. The van der Waals surface area contributed by atoms with Crippen LogP contribution in [-0.2, 0) is 32.0 Å². The first kappa shape index (κ1) is 37.9. The number of halogens is 2. The number of aromatic hydroxyl groups is 4. The number of nitrogens with one attached hydrogen (secondary N) is 1. The third-order valence-corrected chi connectivity index (χ3v) is 4.94. The molecule has 0 saturated carbocycles. The van der Waals surface area contributed by atoms with Crippen LogP contribution >= 0.6 is 24.0 Å². The van der Waals surface area contributed by atoms with Crippen molar-refractivity contribution in [1.82, 2.24) is 5.32 Å². The summed E-state index contributed by atoms with van der Waals surface area (Å²) in [7, 11) is 0. The van der Waals surface area contributed by atoms with Crippen LogP contribution in [0.3, 0.4) is 0 Å². The Morgan fingerprint density at radius 1 is 0.800 bits per heavy atom. The average Bonchev–Trinajstić information content (AvgIpc) is 2.83. The van der Waals surface area contributed by atoms with Gasteiger partial charge < -0.3 is 41.7 Å². The van der Waals surface area contributed by atoms with E-state index in [2.05, 4.69) is 18.5 Å². The minimum atomic E-state index is -1.19. The quantitative estimate of drug-likeness (QED) is 0.118. The number of nitrogens with two attached hydrogens (primary N) is 1. The molecule has 0 heterocycles. The second-order valence-electron chi connectivity index (χ2n) is 8.20. The van der Waals surface area contributed by atoms with E-state index in [1.54, 1.807) is 6.92 Å². The Balaban J connectivity index is 0. The second kappa shape index (κ2) is 18.1. The lowest BCUT2D eigenvalue weighted by Gasteiger charge is -2.14. The van der Waals surface area contributed by atoms with Gasteiger partial charge in [0.2, 0.25) is 11.1 Å². The molecule has 2 aromatic carbocycles. The Morgan fingerprint density at radius 3 is 1.50 bits per heavy atom. The van der Waals surface area contributed by atoms with Crippen LogP contribution in [0.2, 0.25) is 0 Å². The van der Waals surface area contributed by atoms with Crippen molar-refractivity contribution >= 4 is 47.1 Å². The van der Waals surface area contributed by atoms with Crippen LogP contribution in [0.15, 0.2) is 60.7 Å². The van der Waals surface area contributed by atoms with Gasteiger partial charge in [-0.3, -0.25) is 14.4 Å². The number of rotatable bonds is 9. The maximum absolute atomic E-state index is 11.4. The topological polar surface area (TPSA) is 228 Å². The number of carbonyl (C=O) groups is 4. The summed E-state index contributed by atoms with van der Waals surface area (Å²) >= 11 is 4.87. The van der Waals surface area contributed by atoms with Crippen LogP contribution in [0, 0.1) is 0 Å². The first-order valence-electron chi connectivity index (χ1n) is 11.0. The number of carbonyl (C=O) groups excluding carboxylic acids is 2. The number of carboxylic acid groups (broad SMARTS) is 2. The zero-order valence-corrected chi connectivity index (χ0v) is 23.2. The van der Waals surface area contributed by atoms with Gasteiger partial charge in [0.15, 0.2) is 23.0 Å². The number of benzene rings is 2. The van der Waals surface area contributed by atoms with E-state index < -0.39 is 35.2 Å². The van der Waals surface area contributed by atoms with E-state index in [1.165, 1.54) is 43.3 Å². The van der Waals surface area contributed by atoms with Gasteiger partial charge in [-0.15, -0.1) is 12.4 Å². The molecule has 2 aromatic rings. The maximum atomic E-state index is 11.4. The van der Waals surface area contributed by atoms with Crippen molar-refractivity contribution < 1.29 is 49.8 Å². The molecule has 2 atom stereocenters. The van der Waals surface area contributed by atoms with E-state index in [0.717, 1.165) is 0 Å². The smallest absolute Gasteiger partial charge is 0.326 e. The fraction of sp³-hybridized carbons (Fsp3) is 0.231. The van der Waals surface area contributed by atoms with Crippen molar-refractivity contribution in [3.05, 3.63) is 71.8 Å². The van der Waals surface area contributed by atoms with E-state index in [1.807, 2.05) is 0 Å². The number of allylic oxidation sites excluding steroid dienone is 1. The van der Waals surface area contributed by atoms with Crippen molar-refractivity contribution in [3.8, 4) is 23.0 Å². The summed E-state index contributed by atoms with van der Waals surface area (Å²) in [5.74, 6) is -3.98. The molecule has 0 spiro atoms. The van der Waals surface area contributed by atoms with Crippen molar-refractivity contribution in [2.24, 2.45) is 5.73 Å². The van der Waals surface area contributed by atoms with Gasteiger partial charge >= 0.3 is 11.9 Å². The molecule has 2 rings (SSSR count). The SMILES string of the molecule is C=C(C)C(=O)Cl.C=C(C)C(=O)NC(Cc1ccc(O)c(O)c1)C(=O)O.Cl.NC(Cc1ccc(O)c(O)c1)C(=O)O. The lowest BCUT2D eigenvalue weighted by atomic mass is 10.0. The molecular weight excluding hydrogens is 571 g/mol. The van der Waals surface area contributed by atoms with Gasteiger partial charge in [0, 0.05) is 17.6 Å². The molecule has 1 amide bonds. The molecule has 12 nitrogen and oxygen atoms in total. The highest BCUT2D eigenvalue weighted by atomic mass is 35.5. The second-order valence-corrected chi connectivity index (χ2v) is 8.54. The lowest BCUT2D eigenvalue weighted by Crippen LogP contribution is -2.42. The molecule has 0 fully saturated rings. The summed E-state index contributed by atoms with van der Waals surface area (Å²) in [6, 6.07) is 5.93. The highest BCUT2D eigenvalue weighted by Crippen LogP contribution is 2.26. The molecule has 220 valence electrons. The van der Waals surface area contributed by atoms with Crippen LogP contribution in [0.4, 0.5) is 0 Å². The number of carboxylic acids is 2. The largest absolute Gasteiger partial charge is 0.504 e. The molecule has 2 unspecified atom stereocenters. The summed E-state index contributed by atoms with van der Waals surface area (Å²) in [4.78, 5) is 42.7. The summed E-state index contributed by atoms with van der Waals surface area (Å²) in [6.45, 7) is 9.73. The Labute approximate surface area is 241 Å². The minimum absolute atomic E-state index is 0. The van der Waals surface area contributed by atoms with Gasteiger partial charge in [-0.1, -0.05) is 25.3 Å². The normalized spacial score (nSPS) is 11.0. The Bertz CT molecular complexity index is 1220. The van der Waals surface area contributed by atoms with Crippen LogP contribution in [0.1, 0.15) is 25.0 Å². The maximum Gasteiger partial charge on any atom is 0.326 e. The van der Waals surface area contributed by atoms with Gasteiger partial charge in [0.25, 0.3) is 0 Å². The summed E-state index contributed by atoms with van der Waals surface area (Å²) in [6.07, 6.45) is 0.103. The Morgan fingerprint density at radius 2 is 1.20 bits per heavy atom. The van der Waals surface area contributed by atoms with Crippen LogP contribution < -0.4 is 11.1 Å². The molecule has 9 N–H and O–H groups in total. The molecule has 0 aromatic heterocycles. The molecular formula is C26H32Cl2N2O10. The number of amides is 1. The summed E-state index contributed by atoms with van der Waals surface area (Å²) in [5.41, 5.74) is 6.93. The molecule has 0 aliphatic heterocycles. The highest BCUT2D eigenvalue weighted by Gasteiger charge is 2.21. The predicted octanol–water partition coefficient (Wildman–Crippen LogP) is 2.59. The van der Waals surface area contributed by atoms with Gasteiger partial charge in [-0.25, -0.2) is 4.79 Å². The van der Waals surface area contributed by atoms with Crippen LogP contribution in [0.25, 0.3) is 0 Å². The Hall–Kier alpha value is -4.26. The zero-order chi connectivity index (χ0) is 30.4. The van der Waals surface area contributed by atoms with Gasteiger partial charge in [-0.05, 0) is 67.3 Å². The number of phenolic OH excluding ortho intramolecular Hbond substituents is 4. The zero-order valence-electron chi connectivity index (χ0n) is 21.6. The summed E-state index contributed by atoms with van der Waals surface area (Å²) < 4.78 is 0. The van der Waals surface area contributed by atoms with Crippen molar-refractivity contribution in [1.29, 1.82) is 0 Å². The third kappa shape index (κ3) is 14.6. The van der Waals surface area contributed by atoms with Gasteiger partial charge in [0.05, 0.1) is 0 Å². The Kier molecular flexibility index (Phi) is 17.1. The molecule has 0 radical (unpaired) electrons. The van der Waals surface area contributed by atoms with E-state index in [0.29, 0.717) is 16.7 Å². The van der Waals surface area contributed by atoms with Crippen molar-refractivity contribution in [2.75, 3.05) is 0 Å². The van der Waals surface area contributed by atoms with E-state index in [9.17, 15) is 24.3 Å². The monoisotopic (exact) mass is 602 g/mol. The molecule has 14 heteroatoms. The van der Waals surface area contributed by atoms with Crippen LogP contribution in [0.5, 0.6) is 23.0 Å². The minimum Gasteiger partial charge on any atom is -0.504 e. The molecule has 0 bridgehead atoms. The molecule has 0 aliphatic rings.